The van der Waals surface area contributed by atoms with Gasteiger partial charge >= 0.3 is 0 Å². The number of carbonyl (C=O) groups is 1. The highest BCUT2D eigenvalue weighted by Crippen LogP contribution is 2.48. The molecular formula is C17H24FN5O. The van der Waals surface area contributed by atoms with E-state index in [1.807, 2.05) is 0 Å². The van der Waals surface area contributed by atoms with Crippen LogP contribution in [0.3, 0.4) is 0 Å². The summed E-state index contributed by atoms with van der Waals surface area (Å²) in [6.45, 7) is 3.74. The Morgan fingerprint density at radius 1 is 1.12 bits per heavy atom. The molecule has 1 amide bonds. The van der Waals surface area contributed by atoms with Gasteiger partial charge < -0.3 is 21.3 Å². The Hall–Kier alpha value is -2.31. The highest BCUT2D eigenvalue weighted by molar-refractivity contribution is 5.79. The number of aliphatic imine (C=N–C) groups is 1. The van der Waals surface area contributed by atoms with Gasteiger partial charge in [-0.3, -0.25) is 9.79 Å². The zero-order valence-corrected chi connectivity index (χ0v) is 13.7. The number of amides is 1. The smallest absolute Gasteiger partial charge is 0.218 e. The maximum atomic E-state index is 13.0. The maximum Gasteiger partial charge on any atom is 0.218 e. The summed E-state index contributed by atoms with van der Waals surface area (Å²) in [7, 11) is 0. The van der Waals surface area contributed by atoms with Gasteiger partial charge in [0.2, 0.25) is 5.91 Å². The first-order valence-corrected chi connectivity index (χ1v) is 8.31. The lowest BCUT2D eigenvalue weighted by atomic mass is 10.0. The van der Waals surface area contributed by atoms with Crippen LogP contribution in [0.4, 0.5) is 10.1 Å². The summed E-state index contributed by atoms with van der Waals surface area (Å²) in [5, 5.41) is 0. The monoisotopic (exact) mass is 333 g/mol. The number of hydrogen-bond donors (Lipinski definition) is 2. The second kappa shape index (κ2) is 6.67. The summed E-state index contributed by atoms with van der Waals surface area (Å²) in [5.41, 5.74) is 12.4. The largest absolute Gasteiger partial charge is 0.370 e. The number of hydrogen-bond acceptors (Lipinski definition) is 3. The fraction of sp³-hybridized carbons (Fsp3) is 0.529. The van der Waals surface area contributed by atoms with E-state index < -0.39 is 0 Å². The van der Waals surface area contributed by atoms with Gasteiger partial charge in [0.25, 0.3) is 0 Å². The second-order valence-corrected chi connectivity index (χ2v) is 6.77. The fourth-order valence-electron chi connectivity index (χ4n) is 3.13. The Balaban J connectivity index is 1.51. The zero-order valence-electron chi connectivity index (χ0n) is 13.7. The SMILES string of the molecule is NC(=O)CC1(CN=C(N)N2CCN(c3ccc(F)cc3)CC2)CC1. The van der Waals surface area contributed by atoms with E-state index in [2.05, 4.69) is 14.8 Å². The Morgan fingerprint density at radius 3 is 2.29 bits per heavy atom. The van der Waals surface area contributed by atoms with Crippen molar-refractivity contribution in [2.45, 2.75) is 19.3 Å². The van der Waals surface area contributed by atoms with E-state index >= 15 is 0 Å². The number of halogens is 1. The number of piperazine rings is 1. The van der Waals surface area contributed by atoms with Crippen LogP contribution in [-0.2, 0) is 4.79 Å². The lowest BCUT2D eigenvalue weighted by Crippen LogP contribution is -2.51. The second-order valence-electron chi connectivity index (χ2n) is 6.77. The van der Waals surface area contributed by atoms with Crippen molar-refractivity contribution in [2.24, 2.45) is 21.9 Å². The molecule has 1 aliphatic carbocycles. The molecule has 0 spiro atoms. The van der Waals surface area contributed by atoms with E-state index in [-0.39, 0.29) is 17.1 Å². The van der Waals surface area contributed by atoms with E-state index in [1.165, 1.54) is 12.1 Å². The van der Waals surface area contributed by atoms with Crippen molar-refractivity contribution in [2.75, 3.05) is 37.6 Å². The number of rotatable bonds is 5. The van der Waals surface area contributed by atoms with Crippen LogP contribution in [0.2, 0.25) is 0 Å². The molecule has 0 unspecified atom stereocenters. The van der Waals surface area contributed by atoms with Gasteiger partial charge in [-0.2, -0.15) is 0 Å². The Bertz CT molecular complexity index is 618. The van der Waals surface area contributed by atoms with Crippen molar-refractivity contribution in [3.63, 3.8) is 0 Å². The zero-order chi connectivity index (χ0) is 17.2. The van der Waals surface area contributed by atoms with Gasteiger partial charge in [-0.25, -0.2) is 4.39 Å². The molecule has 24 heavy (non-hydrogen) atoms. The van der Waals surface area contributed by atoms with Crippen LogP contribution >= 0.6 is 0 Å². The van der Waals surface area contributed by atoms with E-state index in [0.29, 0.717) is 18.9 Å². The van der Waals surface area contributed by atoms with Gasteiger partial charge in [0.15, 0.2) is 5.96 Å². The lowest BCUT2D eigenvalue weighted by molar-refractivity contribution is -0.119. The van der Waals surface area contributed by atoms with Crippen molar-refractivity contribution < 1.29 is 9.18 Å². The molecule has 3 rings (SSSR count). The molecule has 6 nitrogen and oxygen atoms in total. The number of primary amides is 1. The maximum absolute atomic E-state index is 13.0. The highest BCUT2D eigenvalue weighted by Gasteiger charge is 2.43. The van der Waals surface area contributed by atoms with Crippen LogP contribution in [0.15, 0.2) is 29.3 Å². The van der Waals surface area contributed by atoms with Crippen molar-refractivity contribution in [1.29, 1.82) is 0 Å². The Labute approximate surface area is 141 Å². The topological polar surface area (TPSA) is 87.9 Å². The quantitative estimate of drug-likeness (QED) is 0.619. The summed E-state index contributed by atoms with van der Waals surface area (Å²) in [5.74, 6) is 0.0393. The standard InChI is InChI=1S/C17H24FN5O/c18-13-1-3-14(4-2-13)22-7-9-23(10-8-22)16(20)21-12-17(5-6-17)11-15(19)24/h1-4H,5-12H2,(H2,19,24)(H2,20,21). The highest BCUT2D eigenvalue weighted by atomic mass is 19.1. The molecule has 7 heteroatoms. The minimum atomic E-state index is -0.269. The molecule has 0 radical (unpaired) electrons. The Morgan fingerprint density at radius 2 is 1.75 bits per heavy atom. The van der Waals surface area contributed by atoms with E-state index in [4.69, 9.17) is 11.5 Å². The van der Waals surface area contributed by atoms with E-state index in [1.54, 1.807) is 12.1 Å². The van der Waals surface area contributed by atoms with E-state index in [0.717, 1.165) is 44.7 Å². The van der Waals surface area contributed by atoms with Crippen LogP contribution in [0.1, 0.15) is 19.3 Å². The number of benzene rings is 1. The third kappa shape index (κ3) is 3.96. The molecule has 1 aromatic carbocycles. The van der Waals surface area contributed by atoms with Gasteiger partial charge in [-0.1, -0.05) is 0 Å². The number of nitrogens with two attached hydrogens (primary N) is 2. The summed E-state index contributed by atoms with van der Waals surface area (Å²) >= 11 is 0. The molecule has 1 saturated carbocycles. The summed E-state index contributed by atoms with van der Waals surface area (Å²) in [6, 6.07) is 6.54. The Kier molecular flexibility index (Phi) is 4.59. The van der Waals surface area contributed by atoms with Crippen molar-refractivity contribution in [1.82, 2.24) is 4.90 Å². The van der Waals surface area contributed by atoms with Gasteiger partial charge in [0, 0.05) is 44.8 Å². The average molecular weight is 333 g/mol. The van der Waals surface area contributed by atoms with Gasteiger partial charge in [0.05, 0.1) is 0 Å². The van der Waals surface area contributed by atoms with Crippen LogP contribution < -0.4 is 16.4 Å². The molecule has 1 heterocycles. The number of anilines is 1. The van der Waals surface area contributed by atoms with Crippen LogP contribution in [-0.4, -0.2) is 49.5 Å². The number of carbonyl (C=O) groups excluding carboxylic acids is 1. The first kappa shape index (κ1) is 16.5. The van der Waals surface area contributed by atoms with Crippen molar-refractivity contribution in [3.8, 4) is 0 Å². The summed E-state index contributed by atoms with van der Waals surface area (Å²) in [6.07, 6.45) is 2.37. The summed E-state index contributed by atoms with van der Waals surface area (Å²) < 4.78 is 13.0. The third-order valence-corrected chi connectivity index (χ3v) is 4.88. The molecule has 0 atom stereocenters. The summed E-state index contributed by atoms with van der Waals surface area (Å²) in [4.78, 5) is 19.8. The van der Waals surface area contributed by atoms with Gasteiger partial charge in [0.1, 0.15) is 5.82 Å². The molecule has 2 fully saturated rings. The molecular weight excluding hydrogens is 309 g/mol. The molecule has 0 bridgehead atoms. The van der Waals surface area contributed by atoms with Crippen LogP contribution in [0.5, 0.6) is 0 Å². The van der Waals surface area contributed by atoms with Crippen molar-refractivity contribution >= 4 is 17.6 Å². The molecule has 130 valence electrons. The number of guanidine groups is 1. The average Bonchev–Trinajstić information content (AvgIpc) is 3.32. The first-order valence-electron chi connectivity index (χ1n) is 8.31. The predicted octanol–water partition coefficient (Wildman–Crippen LogP) is 0.918. The molecule has 2 aliphatic rings. The molecule has 1 aromatic rings. The molecule has 4 N–H and O–H groups in total. The third-order valence-electron chi connectivity index (χ3n) is 4.88. The van der Waals surface area contributed by atoms with Crippen LogP contribution in [0, 0.1) is 11.2 Å². The number of nitrogens with zero attached hydrogens (tertiary/aromatic N) is 3. The normalized spacial score (nSPS) is 20.1. The molecule has 1 aliphatic heterocycles. The lowest BCUT2D eigenvalue weighted by Gasteiger charge is -2.36. The molecule has 0 aromatic heterocycles. The van der Waals surface area contributed by atoms with Gasteiger partial charge in [-0.15, -0.1) is 0 Å². The minimum absolute atomic E-state index is 0.0492. The predicted molar refractivity (Wildman–Crippen MR) is 92.2 cm³/mol. The van der Waals surface area contributed by atoms with Gasteiger partial charge in [-0.05, 0) is 42.5 Å². The minimum Gasteiger partial charge on any atom is -0.370 e. The van der Waals surface area contributed by atoms with E-state index in [9.17, 15) is 9.18 Å². The molecule has 1 saturated heterocycles. The van der Waals surface area contributed by atoms with Crippen molar-refractivity contribution in [3.05, 3.63) is 30.1 Å². The first-order chi connectivity index (χ1) is 11.5. The fourth-order valence-corrected chi connectivity index (χ4v) is 3.13. The van der Waals surface area contributed by atoms with Crippen LogP contribution in [0.25, 0.3) is 0 Å².